The molecule has 7 heteroatoms. The molecule has 1 fully saturated rings. The van der Waals surface area contributed by atoms with Gasteiger partial charge >= 0.3 is 0 Å². The molecule has 0 saturated carbocycles. The van der Waals surface area contributed by atoms with E-state index < -0.39 is 10.0 Å². The van der Waals surface area contributed by atoms with Gasteiger partial charge in [0.2, 0.25) is 10.0 Å². The number of piperidine rings is 1. The summed E-state index contributed by atoms with van der Waals surface area (Å²) < 4.78 is 27.2. The second kappa shape index (κ2) is 7.49. The highest BCUT2D eigenvalue weighted by atomic mass is 32.2. The summed E-state index contributed by atoms with van der Waals surface area (Å²) in [6, 6.07) is 7.13. The van der Waals surface area contributed by atoms with Gasteiger partial charge in [-0.25, -0.2) is 13.4 Å². The first-order valence-electron chi connectivity index (χ1n) is 8.60. The second-order valence-corrected chi connectivity index (χ2v) is 8.35. The summed E-state index contributed by atoms with van der Waals surface area (Å²) in [6.45, 7) is 5.52. The first-order valence-corrected chi connectivity index (χ1v) is 10.0. The molecule has 2 aromatic rings. The van der Waals surface area contributed by atoms with E-state index in [1.165, 1.54) is 0 Å². The van der Waals surface area contributed by atoms with Crippen molar-refractivity contribution in [2.75, 3.05) is 18.4 Å². The van der Waals surface area contributed by atoms with Gasteiger partial charge in [-0.15, -0.1) is 0 Å². The number of rotatable bonds is 5. The predicted molar refractivity (Wildman–Crippen MR) is 97.9 cm³/mol. The van der Waals surface area contributed by atoms with Crippen LogP contribution in [0.4, 0.5) is 5.82 Å². The predicted octanol–water partition coefficient (Wildman–Crippen LogP) is 2.88. The van der Waals surface area contributed by atoms with Crippen LogP contribution in [0.2, 0.25) is 0 Å². The van der Waals surface area contributed by atoms with Crippen LogP contribution in [0.15, 0.2) is 35.4 Å². The molecule has 0 atom stereocenters. The van der Waals surface area contributed by atoms with Gasteiger partial charge in [-0.05, 0) is 44.4 Å². The van der Waals surface area contributed by atoms with E-state index >= 15 is 0 Å². The summed E-state index contributed by atoms with van der Waals surface area (Å²) in [5.74, 6) is 0.726. The lowest BCUT2D eigenvalue weighted by atomic mass is 10.2. The fourth-order valence-electron chi connectivity index (χ4n) is 2.96. The number of hydrogen-bond donors (Lipinski definition) is 1. The maximum absolute atomic E-state index is 12.8. The molecule has 0 radical (unpaired) electrons. The van der Waals surface area contributed by atoms with E-state index in [9.17, 15) is 8.42 Å². The fourth-order valence-corrected chi connectivity index (χ4v) is 4.55. The summed E-state index contributed by atoms with van der Waals surface area (Å²) in [4.78, 5) is 9.08. The monoisotopic (exact) mass is 360 g/mol. The van der Waals surface area contributed by atoms with Crippen LogP contribution in [-0.2, 0) is 16.6 Å². The minimum atomic E-state index is -3.40. The SMILES string of the molecule is Cc1cnc(C)c(NCc2cccc(S(=O)(=O)N3CCCCC3)c2)n1. The van der Waals surface area contributed by atoms with E-state index in [2.05, 4.69) is 15.3 Å². The molecule has 0 spiro atoms. The Balaban J connectivity index is 1.76. The zero-order valence-corrected chi connectivity index (χ0v) is 15.5. The zero-order chi connectivity index (χ0) is 17.9. The highest BCUT2D eigenvalue weighted by Crippen LogP contribution is 2.21. The Morgan fingerprint density at radius 3 is 2.68 bits per heavy atom. The number of sulfonamides is 1. The summed E-state index contributed by atoms with van der Waals surface area (Å²) in [5.41, 5.74) is 2.57. The van der Waals surface area contributed by atoms with Crippen molar-refractivity contribution in [2.45, 2.75) is 44.6 Å². The molecule has 2 heterocycles. The van der Waals surface area contributed by atoms with Gasteiger partial charge in [0.05, 0.1) is 16.3 Å². The normalized spacial score (nSPS) is 15.9. The standard InChI is InChI=1S/C18H24N4O2S/c1-14-12-19-15(2)18(21-14)20-13-16-7-6-8-17(11-16)25(23,24)22-9-4-3-5-10-22/h6-8,11-12H,3-5,9-10,13H2,1-2H3,(H,20,21). The van der Waals surface area contributed by atoms with Crippen molar-refractivity contribution < 1.29 is 8.42 Å². The highest BCUT2D eigenvalue weighted by Gasteiger charge is 2.25. The highest BCUT2D eigenvalue weighted by molar-refractivity contribution is 7.89. The van der Waals surface area contributed by atoms with E-state index in [0.717, 1.165) is 42.0 Å². The average Bonchev–Trinajstić information content (AvgIpc) is 2.63. The molecule has 25 heavy (non-hydrogen) atoms. The largest absolute Gasteiger partial charge is 0.364 e. The molecular weight excluding hydrogens is 336 g/mol. The van der Waals surface area contributed by atoms with E-state index in [-0.39, 0.29) is 0 Å². The zero-order valence-electron chi connectivity index (χ0n) is 14.7. The molecule has 0 unspecified atom stereocenters. The van der Waals surface area contributed by atoms with E-state index in [0.29, 0.717) is 24.5 Å². The third kappa shape index (κ3) is 4.16. The summed E-state index contributed by atoms with van der Waals surface area (Å²) >= 11 is 0. The van der Waals surface area contributed by atoms with Crippen molar-refractivity contribution in [3.8, 4) is 0 Å². The summed E-state index contributed by atoms with van der Waals surface area (Å²) in [6.07, 6.45) is 4.71. The molecule has 1 aliphatic heterocycles. The van der Waals surface area contributed by atoms with Crippen LogP contribution in [0.1, 0.15) is 36.2 Å². The topological polar surface area (TPSA) is 75.2 Å². The second-order valence-electron chi connectivity index (χ2n) is 6.41. The molecule has 0 bridgehead atoms. The van der Waals surface area contributed by atoms with E-state index in [4.69, 9.17) is 0 Å². The van der Waals surface area contributed by atoms with Gasteiger partial charge in [0, 0.05) is 25.8 Å². The molecule has 0 amide bonds. The Bertz CT molecular complexity index is 846. The smallest absolute Gasteiger partial charge is 0.243 e. The number of hydrogen-bond acceptors (Lipinski definition) is 5. The lowest BCUT2D eigenvalue weighted by molar-refractivity contribution is 0.346. The van der Waals surface area contributed by atoms with Gasteiger partial charge in [0.25, 0.3) is 0 Å². The molecule has 1 N–H and O–H groups in total. The Labute approximate surface area is 149 Å². The van der Waals surface area contributed by atoms with Crippen molar-refractivity contribution in [1.29, 1.82) is 0 Å². The minimum Gasteiger partial charge on any atom is -0.364 e. The number of benzene rings is 1. The van der Waals surface area contributed by atoms with Crippen LogP contribution in [0.25, 0.3) is 0 Å². The molecule has 3 rings (SSSR count). The molecule has 1 aliphatic rings. The Morgan fingerprint density at radius 1 is 1.16 bits per heavy atom. The minimum absolute atomic E-state index is 0.362. The van der Waals surface area contributed by atoms with Gasteiger partial charge in [-0.1, -0.05) is 18.6 Å². The third-order valence-corrected chi connectivity index (χ3v) is 6.28. The summed E-state index contributed by atoms with van der Waals surface area (Å²) in [5, 5.41) is 3.25. The number of nitrogens with one attached hydrogen (secondary N) is 1. The third-order valence-electron chi connectivity index (χ3n) is 4.39. The Hall–Kier alpha value is -1.99. The number of anilines is 1. The van der Waals surface area contributed by atoms with Crippen LogP contribution in [0.3, 0.4) is 0 Å². The van der Waals surface area contributed by atoms with E-state index in [1.54, 1.807) is 28.7 Å². The van der Waals surface area contributed by atoms with Crippen LogP contribution in [0, 0.1) is 13.8 Å². The van der Waals surface area contributed by atoms with Crippen molar-refractivity contribution >= 4 is 15.8 Å². The molecule has 6 nitrogen and oxygen atoms in total. The molecule has 0 aliphatic carbocycles. The van der Waals surface area contributed by atoms with Gasteiger partial charge in [-0.3, -0.25) is 4.98 Å². The number of aromatic nitrogens is 2. The van der Waals surface area contributed by atoms with E-state index in [1.807, 2.05) is 19.9 Å². The molecule has 1 aromatic heterocycles. The van der Waals surface area contributed by atoms with Crippen molar-refractivity contribution in [3.63, 3.8) is 0 Å². The van der Waals surface area contributed by atoms with Crippen molar-refractivity contribution in [2.24, 2.45) is 0 Å². The van der Waals surface area contributed by atoms with Crippen LogP contribution >= 0.6 is 0 Å². The lowest BCUT2D eigenvalue weighted by Gasteiger charge is -2.26. The average molecular weight is 360 g/mol. The Kier molecular flexibility index (Phi) is 5.34. The first-order chi connectivity index (χ1) is 12.0. The molecular formula is C18H24N4O2S. The summed E-state index contributed by atoms with van der Waals surface area (Å²) in [7, 11) is -3.40. The number of nitrogens with zero attached hydrogens (tertiary/aromatic N) is 3. The van der Waals surface area contributed by atoms with Gasteiger partial charge in [-0.2, -0.15) is 4.31 Å². The number of aryl methyl sites for hydroxylation is 2. The van der Waals surface area contributed by atoms with Gasteiger partial charge in [0.15, 0.2) is 0 Å². The maximum atomic E-state index is 12.8. The van der Waals surface area contributed by atoms with Crippen LogP contribution in [0.5, 0.6) is 0 Å². The van der Waals surface area contributed by atoms with Gasteiger partial charge in [0.1, 0.15) is 5.82 Å². The van der Waals surface area contributed by atoms with Gasteiger partial charge < -0.3 is 5.32 Å². The lowest BCUT2D eigenvalue weighted by Crippen LogP contribution is -2.35. The van der Waals surface area contributed by atoms with Crippen LogP contribution < -0.4 is 5.32 Å². The molecule has 1 aromatic carbocycles. The van der Waals surface area contributed by atoms with Crippen LogP contribution in [-0.4, -0.2) is 35.8 Å². The Morgan fingerprint density at radius 2 is 1.92 bits per heavy atom. The maximum Gasteiger partial charge on any atom is 0.243 e. The first kappa shape index (κ1) is 17.8. The van der Waals surface area contributed by atoms with Crippen molar-refractivity contribution in [3.05, 3.63) is 47.4 Å². The quantitative estimate of drug-likeness (QED) is 0.887. The fraction of sp³-hybridized carbons (Fsp3) is 0.444. The molecule has 1 saturated heterocycles. The van der Waals surface area contributed by atoms with Crippen molar-refractivity contribution in [1.82, 2.24) is 14.3 Å². The molecule has 134 valence electrons.